The van der Waals surface area contributed by atoms with Crippen LogP contribution in [0, 0.1) is 6.92 Å². The SMILES string of the molecule is CCCCCCCCCCCCCCCCCCC(C)c1cc2ccccc2cc1C. The van der Waals surface area contributed by atoms with Gasteiger partial charge < -0.3 is 0 Å². The van der Waals surface area contributed by atoms with Crippen LogP contribution in [-0.2, 0) is 0 Å². The number of unbranched alkanes of at least 4 members (excludes halogenated alkanes) is 15. The summed E-state index contributed by atoms with van der Waals surface area (Å²) in [4.78, 5) is 0. The summed E-state index contributed by atoms with van der Waals surface area (Å²) in [6.07, 6.45) is 24.5. The number of benzene rings is 2. The van der Waals surface area contributed by atoms with Gasteiger partial charge in [0.15, 0.2) is 0 Å². The number of rotatable bonds is 18. The molecule has 1 atom stereocenters. The van der Waals surface area contributed by atoms with Crippen molar-refractivity contribution in [1.82, 2.24) is 0 Å². The first kappa shape index (κ1) is 26.0. The van der Waals surface area contributed by atoms with Gasteiger partial charge in [0.05, 0.1) is 0 Å². The van der Waals surface area contributed by atoms with E-state index in [-0.39, 0.29) is 0 Å². The van der Waals surface area contributed by atoms with Gasteiger partial charge >= 0.3 is 0 Å². The molecule has 0 heteroatoms. The smallest absolute Gasteiger partial charge is 0.0181 e. The first-order valence-electron chi connectivity index (χ1n) is 13.7. The molecule has 0 radical (unpaired) electrons. The van der Waals surface area contributed by atoms with E-state index in [0.29, 0.717) is 5.92 Å². The maximum absolute atomic E-state index is 2.43. The molecule has 31 heavy (non-hydrogen) atoms. The fourth-order valence-corrected chi connectivity index (χ4v) is 5.06. The molecule has 0 aromatic heterocycles. The van der Waals surface area contributed by atoms with E-state index in [9.17, 15) is 0 Å². The van der Waals surface area contributed by atoms with Crippen molar-refractivity contribution in [3.05, 3.63) is 47.5 Å². The molecule has 0 nitrogen and oxygen atoms in total. The van der Waals surface area contributed by atoms with E-state index in [0.717, 1.165) is 0 Å². The summed E-state index contributed by atoms with van der Waals surface area (Å²) in [7, 11) is 0. The Morgan fingerprint density at radius 2 is 1.00 bits per heavy atom. The Hall–Kier alpha value is -1.30. The largest absolute Gasteiger partial charge is 0.0654 e. The molecule has 0 heterocycles. The van der Waals surface area contributed by atoms with Gasteiger partial charge in [0, 0.05) is 0 Å². The van der Waals surface area contributed by atoms with Crippen LogP contribution in [-0.4, -0.2) is 0 Å². The Bertz CT molecular complexity index is 698. The fraction of sp³-hybridized carbons (Fsp3) is 0.677. The quantitative estimate of drug-likeness (QED) is 0.209. The van der Waals surface area contributed by atoms with Gasteiger partial charge in [-0.25, -0.2) is 0 Å². The Kier molecular flexibility index (Phi) is 13.7. The second kappa shape index (κ2) is 16.3. The third-order valence-electron chi connectivity index (χ3n) is 7.16. The summed E-state index contributed by atoms with van der Waals surface area (Å²) in [5.41, 5.74) is 3.02. The minimum absolute atomic E-state index is 0.677. The molecule has 174 valence electrons. The standard InChI is InChI=1S/C31H50/c1-4-5-6-7-8-9-10-11-12-13-14-15-16-17-18-19-22-27(2)31-26-30-24-21-20-23-29(30)25-28(31)3/h20-21,23-27H,4-19,22H2,1-3H3. The predicted molar refractivity (Wildman–Crippen MR) is 141 cm³/mol. The van der Waals surface area contributed by atoms with Crippen LogP contribution in [0.25, 0.3) is 10.8 Å². The molecule has 0 fully saturated rings. The lowest BCUT2D eigenvalue weighted by atomic mass is 9.89. The maximum Gasteiger partial charge on any atom is -0.0181 e. The third kappa shape index (κ3) is 10.7. The molecule has 2 aromatic carbocycles. The van der Waals surface area contributed by atoms with E-state index in [1.54, 1.807) is 5.56 Å². The lowest BCUT2D eigenvalue weighted by molar-refractivity contribution is 0.521. The first-order chi connectivity index (χ1) is 15.2. The summed E-state index contributed by atoms with van der Waals surface area (Å²) < 4.78 is 0. The van der Waals surface area contributed by atoms with Gasteiger partial charge in [0.1, 0.15) is 0 Å². The maximum atomic E-state index is 2.43. The molecule has 0 aliphatic heterocycles. The molecular weight excluding hydrogens is 372 g/mol. The van der Waals surface area contributed by atoms with Crippen LogP contribution in [0.3, 0.4) is 0 Å². The Labute approximate surface area is 194 Å². The van der Waals surface area contributed by atoms with Gasteiger partial charge in [0.2, 0.25) is 0 Å². The minimum atomic E-state index is 0.677. The molecule has 0 aliphatic rings. The van der Waals surface area contributed by atoms with E-state index in [2.05, 4.69) is 57.2 Å². The highest BCUT2D eigenvalue weighted by atomic mass is 14.1. The van der Waals surface area contributed by atoms with Crippen LogP contribution in [0.4, 0.5) is 0 Å². The van der Waals surface area contributed by atoms with Crippen LogP contribution in [0.5, 0.6) is 0 Å². The van der Waals surface area contributed by atoms with Gasteiger partial charge in [0.25, 0.3) is 0 Å². The molecule has 0 amide bonds. The summed E-state index contributed by atoms with van der Waals surface area (Å²) in [5.74, 6) is 0.677. The average Bonchev–Trinajstić information content (AvgIpc) is 2.78. The first-order valence-corrected chi connectivity index (χ1v) is 13.7. The highest BCUT2D eigenvalue weighted by molar-refractivity contribution is 5.84. The molecule has 0 saturated carbocycles. The number of hydrogen-bond acceptors (Lipinski definition) is 0. The zero-order valence-corrected chi connectivity index (χ0v) is 21.1. The molecule has 0 N–H and O–H groups in total. The third-order valence-corrected chi connectivity index (χ3v) is 7.16. The van der Waals surface area contributed by atoms with Crippen molar-refractivity contribution in [3.8, 4) is 0 Å². The minimum Gasteiger partial charge on any atom is -0.0654 e. The predicted octanol–water partition coefficient (Wildman–Crippen LogP) is 10.9. The van der Waals surface area contributed by atoms with Crippen LogP contribution in [0.1, 0.15) is 140 Å². The van der Waals surface area contributed by atoms with Crippen LogP contribution in [0.15, 0.2) is 36.4 Å². The van der Waals surface area contributed by atoms with Gasteiger partial charge in [-0.05, 0) is 41.2 Å². The highest BCUT2D eigenvalue weighted by Gasteiger charge is 2.09. The molecular formula is C31H50. The van der Waals surface area contributed by atoms with Gasteiger partial charge in [-0.2, -0.15) is 0 Å². The van der Waals surface area contributed by atoms with Gasteiger partial charge in [-0.3, -0.25) is 0 Å². The normalized spacial score (nSPS) is 12.5. The molecule has 0 saturated heterocycles. The van der Waals surface area contributed by atoms with Crippen molar-refractivity contribution in [2.45, 2.75) is 136 Å². The zero-order valence-electron chi connectivity index (χ0n) is 21.1. The topological polar surface area (TPSA) is 0 Å². The van der Waals surface area contributed by atoms with Gasteiger partial charge in [-0.15, -0.1) is 0 Å². The molecule has 0 aliphatic carbocycles. The summed E-state index contributed by atoms with van der Waals surface area (Å²) in [6.45, 7) is 7.00. The van der Waals surface area contributed by atoms with Crippen molar-refractivity contribution >= 4 is 10.8 Å². The van der Waals surface area contributed by atoms with Crippen LogP contribution >= 0.6 is 0 Å². The van der Waals surface area contributed by atoms with Gasteiger partial charge in [-0.1, -0.05) is 153 Å². The van der Waals surface area contributed by atoms with E-state index in [1.165, 1.54) is 125 Å². The lowest BCUT2D eigenvalue weighted by Gasteiger charge is -2.16. The fourth-order valence-electron chi connectivity index (χ4n) is 5.06. The van der Waals surface area contributed by atoms with E-state index < -0.39 is 0 Å². The Morgan fingerprint density at radius 1 is 0.581 bits per heavy atom. The second-order valence-corrected chi connectivity index (χ2v) is 10.0. The summed E-state index contributed by atoms with van der Waals surface area (Å²) >= 11 is 0. The van der Waals surface area contributed by atoms with Crippen molar-refractivity contribution in [2.75, 3.05) is 0 Å². The van der Waals surface area contributed by atoms with Crippen molar-refractivity contribution in [2.24, 2.45) is 0 Å². The van der Waals surface area contributed by atoms with Crippen molar-refractivity contribution < 1.29 is 0 Å². The van der Waals surface area contributed by atoms with E-state index >= 15 is 0 Å². The summed E-state index contributed by atoms with van der Waals surface area (Å²) in [5, 5.41) is 2.76. The van der Waals surface area contributed by atoms with E-state index in [1.807, 2.05) is 0 Å². The Morgan fingerprint density at radius 3 is 1.48 bits per heavy atom. The molecule has 0 spiro atoms. The molecule has 2 aromatic rings. The van der Waals surface area contributed by atoms with E-state index in [4.69, 9.17) is 0 Å². The van der Waals surface area contributed by atoms with Crippen molar-refractivity contribution in [3.63, 3.8) is 0 Å². The molecule has 0 bridgehead atoms. The van der Waals surface area contributed by atoms with Crippen LogP contribution in [0.2, 0.25) is 0 Å². The van der Waals surface area contributed by atoms with Crippen LogP contribution < -0.4 is 0 Å². The molecule has 1 unspecified atom stereocenters. The second-order valence-electron chi connectivity index (χ2n) is 10.0. The summed E-state index contributed by atoms with van der Waals surface area (Å²) in [6, 6.07) is 13.6. The lowest BCUT2D eigenvalue weighted by Crippen LogP contribution is -1.97. The highest BCUT2D eigenvalue weighted by Crippen LogP contribution is 2.29. The number of fused-ring (bicyclic) bond motifs is 1. The number of hydrogen-bond donors (Lipinski definition) is 0. The average molecular weight is 423 g/mol. The van der Waals surface area contributed by atoms with Crippen molar-refractivity contribution in [1.29, 1.82) is 0 Å². The monoisotopic (exact) mass is 422 g/mol. The molecule has 2 rings (SSSR count). The zero-order chi connectivity index (χ0) is 22.2. The Balaban J connectivity index is 1.43. The number of aryl methyl sites for hydroxylation is 1.